The molecule has 0 spiro atoms. The molecule has 5 heteroatoms. The number of amides is 1. The van der Waals surface area contributed by atoms with Gasteiger partial charge < -0.3 is 9.80 Å². The van der Waals surface area contributed by atoms with Crippen molar-refractivity contribution in [3.8, 4) is 6.07 Å². The van der Waals surface area contributed by atoms with Gasteiger partial charge in [0, 0.05) is 19.0 Å². The van der Waals surface area contributed by atoms with E-state index in [0.717, 1.165) is 57.7 Å². The third-order valence-corrected chi connectivity index (χ3v) is 5.69. The highest BCUT2D eigenvalue weighted by molar-refractivity contribution is 7.99. The zero-order valence-corrected chi connectivity index (χ0v) is 14.5. The van der Waals surface area contributed by atoms with Crippen molar-refractivity contribution in [1.29, 1.82) is 5.26 Å². The van der Waals surface area contributed by atoms with E-state index in [9.17, 15) is 4.79 Å². The van der Waals surface area contributed by atoms with E-state index in [-0.39, 0.29) is 5.92 Å². The average Bonchev–Trinajstić information content (AvgIpc) is 2.84. The second kappa shape index (κ2) is 10.1. The first-order valence-corrected chi connectivity index (χ1v) is 9.92. The first kappa shape index (κ1) is 17.6. The lowest BCUT2D eigenvalue weighted by Crippen LogP contribution is -2.43. The molecule has 0 aromatic carbocycles. The van der Waals surface area contributed by atoms with Gasteiger partial charge in [-0.1, -0.05) is 12.8 Å². The predicted octanol–water partition coefficient (Wildman–Crippen LogP) is 2.75. The summed E-state index contributed by atoms with van der Waals surface area (Å²) in [7, 11) is 0. The fourth-order valence-electron chi connectivity index (χ4n) is 3.46. The first-order chi connectivity index (χ1) is 10.8. The van der Waals surface area contributed by atoms with Crippen LogP contribution in [0.25, 0.3) is 0 Å². The Morgan fingerprint density at radius 3 is 2.41 bits per heavy atom. The van der Waals surface area contributed by atoms with Crippen molar-refractivity contribution in [3.05, 3.63) is 0 Å². The van der Waals surface area contributed by atoms with Crippen LogP contribution in [0.5, 0.6) is 0 Å². The lowest BCUT2D eigenvalue weighted by atomic mass is 9.95. The van der Waals surface area contributed by atoms with Gasteiger partial charge in [-0.3, -0.25) is 4.79 Å². The lowest BCUT2D eigenvalue weighted by molar-refractivity contribution is -0.137. The highest BCUT2D eigenvalue weighted by Crippen LogP contribution is 2.22. The van der Waals surface area contributed by atoms with Crippen LogP contribution >= 0.6 is 11.8 Å². The first-order valence-electron chi connectivity index (χ1n) is 8.77. The number of nitrogens with zero attached hydrogens (tertiary/aromatic N) is 3. The molecule has 0 aliphatic carbocycles. The maximum absolute atomic E-state index is 12.6. The number of thioether (sulfide) groups is 1. The minimum atomic E-state index is 0.266. The molecule has 22 heavy (non-hydrogen) atoms. The summed E-state index contributed by atoms with van der Waals surface area (Å²) < 4.78 is 0. The molecule has 0 radical (unpaired) electrons. The molecule has 0 unspecified atom stereocenters. The number of rotatable bonds is 6. The molecule has 0 N–H and O–H groups in total. The lowest BCUT2D eigenvalue weighted by Gasteiger charge is -2.34. The second-order valence-electron chi connectivity index (χ2n) is 6.42. The second-order valence-corrected chi connectivity index (χ2v) is 7.52. The molecule has 4 nitrogen and oxygen atoms in total. The molecule has 2 heterocycles. The summed E-state index contributed by atoms with van der Waals surface area (Å²) in [6, 6.07) is 2.17. The van der Waals surface area contributed by atoms with Crippen LogP contribution in [0, 0.1) is 17.2 Å². The summed E-state index contributed by atoms with van der Waals surface area (Å²) in [6.45, 7) is 5.20. The number of carbonyl (C=O) groups excluding carboxylic acids is 1. The molecule has 2 saturated heterocycles. The summed E-state index contributed by atoms with van der Waals surface area (Å²) >= 11 is 1.72. The number of carbonyl (C=O) groups is 1. The van der Waals surface area contributed by atoms with E-state index in [4.69, 9.17) is 5.26 Å². The van der Waals surface area contributed by atoms with Gasteiger partial charge in [0.05, 0.1) is 11.8 Å². The molecule has 2 rings (SSSR count). The van der Waals surface area contributed by atoms with Gasteiger partial charge in [0.1, 0.15) is 0 Å². The zero-order chi connectivity index (χ0) is 15.6. The predicted molar refractivity (Wildman–Crippen MR) is 91.8 cm³/mol. The number of nitriles is 1. The van der Waals surface area contributed by atoms with Crippen molar-refractivity contribution < 1.29 is 4.79 Å². The van der Waals surface area contributed by atoms with Crippen LogP contribution in [-0.4, -0.2) is 59.9 Å². The van der Waals surface area contributed by atoms with Crippen LogP contribution in [-0.2, 0) is 4.79 Å². The van der Waals surface area contributed by atoms with Crippen molar-refractivity contribution in [3.63, 3.8) is 0 Å². The van der Waals surface area contributed by atoms with Gasteiger partial charge in [-0.25, -0.2) is 0 Å². The largest absolute Gasteiger partial charge is 0.342 e. The molecule has 0 atom stereocenters. The Kier molecular flexibility index (Phi) is 8.11. The molecule has 0 aromatic heterocycles. The van der Waals surface area contributed by atoms with Gasteiger partial charge in [-0.15, -0.1) is 11.8 Å². The van der Waals surface area contributed by atoms with Crippen molar-refractivity contribution >= 4 is 17.7 Å². The molecule has 0 aromatic rings. The summed E-state index contributed by atoms with van der Waals surface area (Å²) in [4.78, 5) is 17.2. The number of hydrogen-bond acceptors (Lipinski definition) is 4. The van der Waals surface area contributed by atoms with E-state index >= 15 is 0 Å². The normalized spacial score (nSPS) is 21.3. The molecular weight excluding hydrogens is 294 g/mol. The average molecular weight is 324 g/mol. The Bertz CT molecular complexity index is 367. The molecule has 2 aliphatic heterocycles. The summed E-state index contributed by atoms with van der Waals surface area (Å²) in [6.07, 6.45) is 8.15. The highest BCUT2D eigenvalue weighted by Gasteiger charge is 2.28. The van der Waals surface area contributed by atoms with Gasteiger partial charge in [0.15, 0.2) is 0 Å². The zero-order valence-electron chi connectivity index (χ0n) is 13.6. The van der Waals surface area contributed by atoms with E-state index in [1.807, 2.05) is 0 Å². The highest BCUT2D eigenvalue weighted by atomic mass is 32.2. The minimum absolute atomic E-state index is 0.266. The summed E-state index contributed by atoms with van der Waals surface area (Å²) in [5.41, 5.74) is 0. The van der Waals surface area contributed by atoms with E-state index < -0.39 is 0 Å². The fraction of sp³-hybridized carbons (Fsp3) is 0.882. The molecule has 0 saturated carbocycles. The van der Waals surface area contributed by atoms with Crippen LogP contribution in [0.1, 0.15) is 44.9 Å². The van der Waals surface area contributed by atoms with Crippen molar-refractivity contribution in [2.45, 2.75) is 44.9 Å². The van der Waals surface area contributed by atoms with Crippen LogP contribution < -0.4 is 0 Å². The van der Waals surface area contributed by atoms with Crippen LogP contribution in [0.15, 0.2) is 0 Å². The van der Waals surface area contributed by atoms with Crippen LogP contribution in [0.2, 0.25) is 0 Å². The van der Waals surface area contributed by atoms with Crippen LogP contribution in [0.3, 0.4) is 0 Å². The van der Waals surface area contributed by atoms with Gasteiger partial charge in [-0.2, -0.15) is 5.26 Å². The number of piperidine rings is 1. The van der Waals surface area contributed by atoms with E-state index in [1.165, 1.54) is 25.7 Å². The Hall–Kier alpha value is -0.730. The standard InChI is InChI=1S/C17H29N3OS/c18-8-15-22-14-5-9-19-12-6-16(7-13-19)17(21)20-10-3-1-2-4-11-20/h16H,1-7,9-15H2. The Morgan fingerprint density at radius 2 is 1.77 bits per heavy atom. The smallest absolute Gasteiger partial charge is 0.225 e. The third kappa shape index (κ3) is 5.81. The van der Waals surface area contributed by atoms with Gasteiger partial charge in [0.2, 0.25) is 5.91 Å². The number of hydrogen-bond donors (Lipinski definition) is 0. The van der Waals surface area contributed by atoms with Gasteiger partial charge in [0.25, 0.3) is 0 Å². The van der Waals surface area contributed by atoms with Gasteiger partial charge in [-0.05, 0) is 57.5 Å². The topological polar surface area (TPSA) is 47.3 Å². The monoisotopic (exact) mass is 323 g/mol. The maximum Gasteiger partial charge on any atom is 0.225 e. The SMILES string of the molecule is N#CCSCCCN1CCC(C(=O)N2CCCCCC2)CC1. The summed E-state index contributed by atoms with van der Waals surface area (Å²) in [5, 5.41) is 8.50. The number of likely N-dealkylation sites (tertiary alicyclic amines) is 2. The van der Waals surface area contributed by atoms with Crippen molar-refractivity contribution in [2.24, 2.45) is 5.92 Å². The quantitative estimate of drug-likeness (QED) is 0.705. The van der Waals surface area contributed by atoms with Gasteiger partial charge >= 0.3 is 0 Å². The fourth-order valence-corrected chi connectivity index (χ4v) is 4.03. The Labute approximate surface area is 139 Å². The minimum Gasteiger partial charge on any atom is -0.342 e. The summed E-state index contributed by atoms with van der Waals surface area (Å²) in [5.74, 6) is 2.36. The molecule has 2 aliphatic rings. The van der Waals surface area contributed by atoms with Crippen molar-refractivity contribution in [1.82, 2.24) is 9.80 Å². The van der Waals surface area contributed by atoms with E-state index in [2.05, 4.69) is 15.9 Å². The van der Waals surface area contributed by atoms with E-state index in [1.54, 1.807) is 11.8 Å². The van der Waals surface area contributed by atoms with Crippen LogP contribution in [0.4, 0.5) is 0 Å². The molecule has 2 fully saturated rings. The Balaban J connectivity index is 1.63. The van der Waals surface area contributed by atoms with E-state index in [0.29, 0.717) is 11.7 Å². The Morgan fingerprint density at radius 1 is 1.09 bits per heavy atom. The third-order valence-electron chi connectivity index (χ3n) is 4.78. The molecule has 1 amide bonds. The molecule has 124 valence electrons. The molecule has 0 bridgehead atoms. The van der Waals surface area contributed by atoms with Crippen molar-refractivity contribution in [2.75, 3.05) is 44.2 Å². The maximum atomic E-state index is 12.6. The molecular formula is C17H29N3OS.